The molecule has 0 aliphatic carbocycles. The van der Waals surface area contributed by atoms with Crippen molar-refractivity contribution >= 4 is 10.9 Å². The van der Waals surface area contributed by atoms with Crippen molar-refractivity contribution in [3.8, 4) is 0 Å². The smallest absolute Gasteiger partial charge is 0.0456 e. The molecular weight excluding hydrogens is 234 g/mol. The molecule has 1 aliphatic rings. The molecule has 0 saturated carbocycles. The van der Waals surface area contributed by atoms with Crippen LogP contribution in [0.15, 0.2) is 30.5 Å². The van der Waals surface area contributed by atoms with E-state index < -0.39 is 0 Å². The van der Waals surface area contributed by atoms with Gasteiger partial charge in [0.05, 0.1) is 0 Å². The highest BCUT2D eigenvalue weighted by atomic mass is 15.1. The van der Waals surface area contributed by atoms with Gasteiger partial charge in [-0.1, -0.05) is 18.2 Å². The quantitative estimate of drug-likeness (QED) is 0.882. The van der Waals surface area contributed by atoms with Gasteiger partial charge < -0.3 is 15.2 Å². The number of likely N-dealkylation sites (tertiary alicyclic amines) is 1. The molecule has 1 aliphatic heterocycles. The Kier molecular flexibility index (Phi) is 3.85. The summed E-state index contributed by atoms with van der Waals surface area (Å²) < 4.78 is 0. The molecule has 1 aromatic heterocycles. The first kappa shape index (κ1) is 12.7. The number of likely N-dealkylation sites (N-methyl/N-ethyl adjacent to an activating group) is 1. The normalized spacial score (nSPS) is 18.2. The van der Waals surface area contributed by atoms with Crippen molar-refractivity contribution in [2.45, 2.75) is 18.8 Å². The van der Waals surface area contributed by atoms with Crippen LogP contribution < -0.4 is 5.32 Å². The van der Waals surface area contributed by atoms with Crippen LogP contribution in [0.5, 0.6) is 0 Å². The van der Waals surface area contributed by atoms with E-state index in [4.69, 9.17) is 0 Å². The Balaban J connectivity index is 1.68. The molecule has 19 heavy (non-hydrogen) atoms. The fourth-order valence-corrected chi connectivity index (χ4v) is 3.17. The summed E-state index contributed by atoms with van der Waals surface area (Å²) in [5.41, 5.74) is 2.79. The van der Waals surface area contributed by atoms with Gasteiger partial charge in [0.15, 0.2) is 0 Å². The minimum absolute atomic E-state index is 0.724. The van der Waals surface area contributed by atoms with E-state index in [1.165, 1.54) is 48.9 Å². The molecule has 1 aromatic carbocycles. The Morgan fingerprint density at radius 2 is 2.05 bits per heavy atom. The van der Waals surface area contributed by atoms with E-state index in [1.807, 2.05) is 7.05 Å². The van der Waals surface area contributed by atoms with Gasteiger partial charge in [-0.05, 0) is 50.5 Å². The van der Waals surface area contributed by atoms with E-state index in [9.17, 15) is 0 Å². The van der Waals surface area contributed by atoms with E-state index in [1.54, 1.807) is 0 Å². The lowest BCUT2D eigenvalue weighted by Crippen LogP contribution is -2.37. The number of hydrogen-bond acceptors (Lipinski definition) is 2. The van der Waals surface area contributed by atoms with Crippen LogP contribution in [-0.4, -0.2) is 43.1 Å². The second-order valence-corrected chi connectivity index (χ2v) is 5.51. The summed E-state index contributed by atoms with van der Waals surface area (Å²) >= 11 is 0. The number of para-hydroxylation sites is 1. The third-order valence-corrected chi connectivity index (χ3v) is 4.33. The number of benzene rings is 1. The highest BCUT2D eigenvalue weighted by molar-refractivity contribution is 5.83. The molecule has 1 fully saturated rings. The van der Waals surface area contributed by atoms with Crippen molar-refractivity contribution < 1.29 is 0 Å². The zero-order valence-electron chi connectivity index (χ0n) is 11.7. The number of nitrogens with zero attached hydrogens (tertiary/aromatic N) is 1. The summed E-state index contributed by atoms with van der Waals surface area (Å²) in [7, 11) is 2.03. The van der Waals surface area contributed by atoms with Gasteiger partial charge in [-0.15, -0.1) is 0 Å². The number of nitrogens with one attached hydrogen (secondary N) is 2. The summed E-state index contributed by atoms with van der Waals surface area (Å²) in [6, 6.07) is 8.65. The Bertz CT molecular complexity index is 524. The molecule has 0 amide bonds. The fourth-order valence-electron chi connectivity index (χ4n) is 3.17. The van der Waals surface area contributed by atoms with Gasteiger partial charge in [0, 0.05) is 30.2 Å². The van der Waals surface area contributed by atoms with Crippen molar-refractivity contribution in [3.63, 3.8) is 0 Å². The number of fused-ring (bicyclic) bond motifs is 1. The largest absolute Gasteiger partial charge is 0.361 e. The van der Waals surface area contributed by atoms with Crippen LogP contribution in [0.25, 0.3) is 10.9 Å². The summed E-state index contributed by atoms with van der Waals surface area (Å²) in [4.78, 5) is 5.98. The third kappa shape index (κ3) is 2.67. The van der Waals surface area contributed by atoms with Gasteiger partial charge >= 0.3 is 0 Å². The molecular formula is C16H23N3. The Labute approximate surface area is 115 Å². The third-order valence-electron chi connectivity index (χ3n) is 4.33. The van der Waals surface area contributed by atoms with Crippen molar-refractivity contribution in [2.24, 2.45) is 0 Å². The molecule has 3 rings (SSSR count). The predicted octanol–water partition coefficient (Wildman–Crippen LogP) is 2.57. The molecule has 1 saturated heterocycles. The lowest BCUT2D eigenvalue weighted by Gasteiger charge is -2.31. The highest BCUT2D eigenvalue weighted by Gasteiger charge is 2.22. The number of hydrogen-bond donors (Lipinski definition) is 2. The minimum atomic E-state index is 0.724. The van der Waals surface area contributed by atoms with Crippen molar-refractivity contribution in [1.29, 1.82) is 0 Å². The number of piperidine rings is 1. The summed E-state index contributed by atoms with van der Waals surface area (Å²) in [6.45, 7) is 4.73. The first-order chi connectivity index (χ1) is 9.38. The Morgan fingerprint density at radius 3 is 2.84 bits per heavy atom. The van der Waals surface area contributed by atoms with E-state index in [0.29, 0.717) is 0 Å². The maximum absolute atomic E-state index is 3.41. The number of rotatable bonds is 4. The van der Waals surface area contributed by atoms with Crippen LogP contribution >= 0.6 is 0 Å². The average Bonchev–Trinajstić information content (AvgIpc) is 2.90. The fraction of sp³-hybridized carbons (Fsp3) is 0.500. The average molecular weight is 257 g/mol. The van der Waals surface area contributed by atoms with Crippen LogP contribution in [-0.2, 0) is 0 Å². The SMILES string of the molecule is CNCCN1CCC(c2c[nH]c3ccccc23)CC1. The topological polar surface area (TPSA) is 31.1 Å². The summed E-state index contributed by atoms with van der Waals surface area (Å²) in [6.07, 6.45) is 4.79. The number of aromatic amines is 1. The molecule has 0 unspecified atom stereocenters. The predicted molar refractivity (Wildman–Crippen MR) is 80.6 cm³/mol. The monoisotopic (exact) mass is 257 g/mol. The molecule has 0 radical (unpaired) electrons. The maximum atomic E-state index is 3.41. The minimum Gasteiger partial charge on any atom is -0.361 e. The second-order valence-electron chi connectivity index (χ2n) is 5.51. The van der Waals surface area contributed by atoms with E-state index in [0.717, 1.165) is 12.5 Å². The van der Waals surface area contributed by atoms with E-state index in [2.05, 4.69) is 45.7 Å². The van der Waals surface area contributed by atoms with Gasteiger partial charge in [-0.25, -0.2) is 0 Å². The Morgan fingerprint density at radius 1 is 1.26 bits per heavy atom. The van der Waals surface area contributed by atoms with Gasteiger partial charge in [-0.2, -0.15) is 0 Å². The lowest BCUT2D eigenvalue weighted by atomic mass is 9.89. The van der Waals surface area contributed by atoms with Crippen LogP contribution in [0.3, 0.4) is 0 Å². The molecule has 3 nitrogen and oxygen atoms in total. The van der Waals surface area contributed by atoms with Crippen LogP contribution in [0.2, 0.25) is 0 Å². The van der Waals surface area contributed by atoms with Gasteiger partial charge in [0.25, 0.3) is 0 Å². The second kappa shape index (κ2) is 5.76. The summed E-state index contributed by atoms with van der Waals surface area (Å²) in [5.74, 6) is 0.724. The molecule has 2 N–H and O–H groups in total. The zero-order chi connectivity index (χ0) is 13.1. The Hall–Kier alpha value is -1.32. The number of H-pyrrole nitrogens is 1. The first-order valence-corrected chi connectivity index (χ1v) is 7.31. The standard InChI is InChI=1S/C16H23N3/c1-17-8-11-19-9-6-13(7-10-19)15-12-18-16-5-3-2-4-14(15)16/h2-5,12-13,17-18H,6-11H2,1H3. The zero-order valence-corrected chi connectivity index (χ0v) is 11.7. The van der Waals surface area contributed by atoms with Crippen LogP contribution in [0, 0.1) is 0 Å². The van der Waals surface area contributed by atoms with Gasteiger partial charge in [0.1, 0.15) is 0 Å². The first-order valence-electron chi connectivity index (χ1n) is 7.31. The van der Waals surface area contributed by atoms with E-state index in [-0.39, 0.29) is 0 Å². The molecule has 2 aromatic rings. The molecule has 2 heterocycles. The van der Waals surface area contributed by atoms with Crippen molar-refractivity contribution in [1.82, 2.24) is 15.2 Å². The molecule has 3 heteroatoms. The van der Waals surface area contributed by atoms with Gasteiger partial charge in [0.2, 0.25) is 0 Å². The molecule has 0 bridgehead atoms. The highest BCUT2D eigenvalue weighted by Crippen LogP contribution is 2.32. The molecule has 0 spiro atoms. The van der Waals surface area contributed by atoms with Gasteiger partial charge in [-0.3, -0.25) is 0 Å². The summed E-state index contributed by atoms with van der Waals surface area (Å²) in [5, 5.41) is 4.64. The molecule has 102 valence electrons. The maximum Gasteiger partial charge on any atom is 0.0456 e. The lowest BCUT2D eigenvalue weighted by molar-refractivity contribution is 0.214. The van der Waals surface area contributed by atoms with E-state index >= 15 is 0 Å². The number of aromatic nitrogens is 1. The molecule has 0 atom stereocenters. The van der Waals surface area contributed by atoms with Crippen LogP contribution in [0.1, 0.15) is 24.3 Å². The van der Waals surface area contributed by atoms with Crippen molar-refractivity contribution in [3.05, 3.63) is 36.0 Å². The van der Waals surface area contributed by atoms with Crippen LogP contribution in [0.4, 0.5) is 0 Å². The van der Waals surface area contributed by atoms with Crippen molar-refractivity contribution in [2.75, 3.05) is 33.2 Å².